The highest BCUT2D eigenvalue weighted by Gasteiger charge is 2.52. The normalized spacial score (nSPS) is 29.5. The number of hydrogen-bond acceptors (Lipinski definition) is 7. The summed E-state index contributed by atoms with van der Waals surface area (Å²) in [6.07, 6.45) is 3.31. The van der Waals surface area contributed by atoms with Crippen LogP contribution in [0.25, 0.3) is 0 Å². The van der Waals surface area contributed by atoms with Crippen molar-refractivity contribution in [3.63, 3.8) is 0 Å². The van der Waals surface area contributed by atoms with E-state index in [1.807, 2.05) is 26.1 Å². The molecule has 8 heteroatoms. The average molecular weight is 461 g/mol. The van der Waals surface area contributed by atoms with E-state index in [2.05, 4.69) is 23.3 Å². The number of aryl methyl sites for hydroxylation is 1. The van der Waals surface area contributed by atoms with Gasteiger partial charge in [-0.2, -0.15) is 0 Å². The first-order valence-corrected chi connectivity index (χ1v) is 12.3. The van der Waals surface area contributed by atoms with Gasteiger partial charge in [-0.05, 0) is 43.2 Å². The molecule has 1 saturated heterocycles. The number of ether oxygens (including phenoxy) is 2. The first-order chi connectivity index (χ1) is 15.4. The van der Waals surface area contributed by atoms with Gasteiger partial charge in [0.2, 0.25) is 0 Å². The van der Waals surface area contributed by atoms with Gasteiger partial charge in [-0.3, -0.25) is 0 Å². The van der Waals surface area contributed by atoms with Crippen molar-refractivity contribution in [3.8, 4) is 5.75 Å². The number of nitrogens with zero attached hydrogens (tertiary/aromatic N) is 1. The zero-order valence-corrected chi connectivity index (χ0v) is 19.7. The molecule has 0 spiro atoms. The molecule has 3 N–H and O–H groups in total. The van der Waals surface area contributed by atoms with Crippen LogP contribution >= 0.6 is 11.3 Å². The van der Waals surface area contributed by atoms with Gasteiger partial charge in [0.15, 0.2) is 5.69 Å². The molecule has 1 aliphatic carbocycles. The van der Waals surface area contributed by atoms with Gasteiger partial charge in [-0.15, -0.1) is 11.3 Å². The highest BCUT2D eigenvalue weighted by atomic mass is 32.1. The summed E-state index contributed by atoms with van der Waals surface area (Å²) in [4.78, 5) is 15.6. The number of nitrogens with one attached hydrogen (secondary N) is 1. The molecule has 1 aromatic heterocycles. The number of anilines is 1. The Morgan fingerprint density at radius 2 is 2.22 bits per heavy atom. The Kier molecular flexibility index (Phi) is 6.74. The lowest BCUT2D eigenvalue weighted by Crippen LogP contribution is -2.42. The van der Waals surface area contributed by atoms with E-state index in [9.17, 15) is 15.0 Å². The van der Waals surface area contributed by atoms with Gasteiger partial charge in [-0.25, -0.2) is 9.78 Å². The Morgan fingerprint density at radius 3 is 2.88 bits per heavy atom. The molecule has 2 heterocycles. The first kappa shape index (κ1) is 23.0. The molecule has 4 rings (SSSR count). The summed E-state index contributed by atoms with van der Waals surface area (Å²) >= 11 is 1.35. The largest absolute Gasteiger partial charge is 0.493 e. The van der Waals surface area contributed by atoms with Crippen LogP contribution < -0.4 is 10.1 Å². The van der Waals surface area contributed by atoms with E-state index in [4.69, 9.17) is 9.47 Å². The van der Waals surface area contributed by atoms with E-state index in [0.29, 0.717) is 13.0 Å². The number of carboxylic acid groups (broad SMARTS) is 1. The molecular weight excluding hydrogens is 428 g/mol. The van der Waals surface area contributed by atoms with Gasteiger partial charge >= 0.3 is 5.97 Å². The molecule has 5 atom stereocenters. The maximum Gasteiger partial charge on any atom is 0.355 e. The van der Waals surface area contributed by atoms with Gasteiger partial charge in [0.25, 0.3) is 0 Å². The number of carbonyl (C=O) groups is 1. The van der Waals surface area contributed by atoms with Crippen LogP contribution in [0.4, 0.5) is 5.69 Å². The maximum absolute atomic E-state index is 11.3. The smallest absolute Gasteiger partial charge is 0.355 e. The van der Waals surface area contributed by atoms with Crippen molar-refractivity contribution in [1.82, 2.24) is 4.98 Å². The number of rotatable bonds is 8. The van der Waals surface area contributed by atoms with Crippen LogP contribution in [0, 0.1) is 11.8 Å². The Bertz CT molecular complexity index is 964. The van der Waals surface area contributed by atoms with Gasteiger partial charge in [0.1, 0.15) is 16.4 Å². The second kappa shape index (κ2) is 9.37. The second-order valence-electron chi connectivity index (χ2n) is 8.75. The minimum absolute atomic E-state index is 0.00428. The standard InChI is InChI=1S/C24H32N2O5S/c1-4-14-6-7-15(10-18(14)25-3)30-12-17-16-8-9-24(5-2,31-21(16)11-20(17)27)23-26-19(13-32-23)22(28)29/h6-7,10,13,16-17,20-21,25,27H,4-5,8-9,11-12H2,1-3H3,(H,28,29)/t16-,17-,20+,21+,24-/m1/s1. The Labute approximate surface area is 192 Å². The van der Waals surface area contributed by atoms with E-state index in [-0.39, 0.29) is 23.6 Å². The van der Waals surface area contributed by atoms with Crippen molar-refractivity contribution in [2.24, 2.45) is 11.8 Å². The van der Waals surface area contributed by atoms with E-state index in [1.54, 1.807) is 5.38 Å². The van der Waals surface area contributed by atoms with Crippen molar-refractivity contribution in [2.75, 3.05) is 19.0 Å². The molecule has 7 nitrogen and oxygen atoms in total. The van der Waals surface area contributed by atoms with Crippen molar-refractivity contribution in [3.05, 3.63) is 39.8 Å². The summed E-state index contributed by atoms with van der Waals surface area (Å²) in [5.41, 5.74) is 1.79. The molecule has 2 aromatic rings. The zero-order chi connectivity index (χ0) is 22.9. The molecular formula is C24H32N2O5S. The Morgan fingerprint density at radius 1 is 1.41 bits per heavy atom. The molecule has 0 unspecified atom stereocenters. The number of aliphatic hydroxyl groups excluding tert-OH is 1. The zero-order valence-electron chi connectivity index (χ0n) is 18.8. The molecule has 0 amide bonds. The number of fused-ring (bicyclic) bond motifs is 1. The lowest BCUT2D eigenvalue weighted by Gasteiger charge is -2.42. The lowest BCUT2D eigenvalue weighted by molar-refractivity contribution is -0.157. The number of aliphatic hydroxyl groups is 1. The summed E-state index contributed by atoms with van der Waals surface area (Å²) in [5, 5.41) is 25.6. The first-order valence-electron chi connectivity index (χ1n) is 11.4. The fourth-order valence-electron chi connectivity index (χ4n) is 5.20. The molecule has 174 valence electrons. The number of aromatic carboxylic acids is 1. The number of hydrogen-bond donors (Lipinski definition) is 3. The van der Waals surface area contributed by atoms with E-state index >= 15 is 0 Å². The van der Waals surface area contributed by atoms with Crippen LogP contribution in [0.3, 0.4) is 0 Å². The van der Waals surface area contributed by atoms with Crippen molar-refractivity contribution < 1.29 is 24.5 Å². The fourth-order valence-corrected chi connectivity index (χ4v) is 6.23. The SMILES string of the molecule is CCc1ccc(OC[C@@H]2[C@H]3CC[C@](CC)(c4nc(C(=O)O)cs4)O[C@H]3C[C@@H]2O)cc1NC. The van der Waals surface area contributed by atoms with Crippen molar-refractivity contribution in [2.45, 2.75) is 63.8 Å². The number of aromatic nitrogens is 1. The average Bonchev–Trinajstić information content (AvgIpc) is 3.41. The minimum atomic E-state index is -1.02. The highest BCUT2D eigenvalue weighted by Crippen LogP contribution is 2.50. The molecule has 2 aliphatic rings. The molecule has 1 aromatic carbocycles. The third-order valence-corrected chi connectivity index (χ3v) is 8.14. The Balaban J connectivity index is 1.45. The third kappa shape index (κ3) is 4.23. The van der Waals surface area contributed by atoms with Crippen LogP contribution in [0.15, 0.2) is 23.6 Å². The van der Waals surface area contributed by atoms with Crippen molar-refractivity contribution >= 4 is 23.0 Å². The van der Waals surface area contributed by atoms with Crippen LogP contribution in [0.1, 0.15) is 60.6 Å². The monoisotopic (exact) mass is 460 g/mol. The summed E-state index contributed by atoms with van der Waals surface area (Å²) in [7, 11) is 1.91. The van der Waals surface area contributed by atoms with E-state index in [0.717, 1.165) is 42.1 Å². The molecule has 0 bridgehead atoms. The van der Waals surface area contributed by atoms with Gasteiger partial charge in [0, 0.05) is 36.5 Å². The van der Waals surface area contributed by atoms with E-state index < -0.39 is 17.7 Å². The van der Waals surface area contributed by atoms with Crippen LogP contribution in [0.2, 0.25) is 0 Å². The van der Waals surface area contributed by atoms with Crippen molar-refractivity contribution in [1.29, 1.82) is 0 Å². The summed E-state index contributed by atoms with van der Waals surface area (Å²) < 4.78 is 12.7. The number of benzene rings is 1. The lowest BCUT2D eigenvalue weighted by atomic mass is 9.81. The summed E-state index contributed by atoms with van der Waals surface area (Å²) in [6.45, 7) is 4.62. The number of carboxylic acids is 1. The summed E-state index contributed by atoms with van der Waals surface area (Å²) in [5.74, 6) is -0.00737. The minimum Gasteiger partial charge on any atom is -0.493 e. The van der Waals surface area contributed by atoms with Gasteiger partial charge < -0.3 is 25.0 Å². The highest BCUT2D eigenvalue weighted by molar-refractivity contribution is 7.10. The topological polar surface area (TPSA) is 101 Å². The Hall–Kier alpha value is -2.16. The van der Waals surface area contributed by atoms with E-state index in [1.165, 1.54) is 16.9 Å². The van der Waals surface area contributed by atoms with Gasteiger partial charge in [0.05, 0.1) is 18.8 Å². The predicted octanol–water partition coefficient (Wildman–Crippen LogP) is 4.31. The molecule has 1 saturated carbocycles. The predicted molar refractivity (Wildman–Crippen MR) is 124 cm³/mol. The van der Waals surface area contributed by atoms with Crippen LogP contribution in [-0.2, 0) is 16.8 Å². The number of thiazole rings is 1. The quantitative estimate of drug-likeness (QED) is 0.540. The van der Waals surface area contributed by atoms with Crippen LogP contribution in [0.5, 0.6) is 5.75 Å². The van der Waals surface area contributed by atoms with Crippen LogP contribution in [-0.4, -0.2) is 47.0 Å². The third-order valence-electron chi connectivity index (χ3n) is 7.11. The molecule has 1 aliphatic heterocycles. The fraction of sp³-hybridized carbons (Fsp3) is 0.583. The van der Waals surface area contributed by atoms with Gasteiger partial charge in [-0.1, -0.05) is 19.9 Å². The molecule has 2 fully saturated rings. The second-order valence-corrected chi connectivity index (χ2v) is 9.61. The molecule has 0 radical (unpaired) electrons. The summed E-state index contributed by atoms with van der Waals surface area (Å²) in [6, 6.07) is 6.08. The molecule has 32 heavy (non-hydrogen) atoms. The maximum atomic E-state index is 11.3.